The molecule has 0 heterocycles. The predicted molar refractivity (Wildman–Crippen MR) is 93.5 cm³/mol. The molecule has 0 aromatic heterocycles. The van der Waals surface area contributed by atoms with E-state index in [1.54, 1.807) is 24.3 Å². The van der Waals surface area contributed by atoms with Gasteiger partial charge in [-0.15, -0.1) is 0 Å². The fourth-order valence-corrected chi connectivity index (χ4v) is 3.39. The maximum Gasteiger partial charge on any atom is 0.327 e. The van der Waals surface area contributed by atoms with E-state index >= 15 is 0 Å². The summed E-state index contributed by atoms with van der Waals surface area (Å²) in [4.78, 5) is 12.1. The molecule has 0 spiro atoms. The highest BCUT2D eigenvalue weighted by molar-refractivity contribution is 7.89. The monoisotopic (exact) mass is 383 g/mol. The van der Waals surface area contributed by atoms with Crippen molar-refractivity contribution in [1.29, 1.82) is 0 Å². The Bertz CT molecular complexity index is 807. The Morgan fingerprint density at radius 3 is 2.32 bits per heavy atom. The summed E-state index contributed by atoms with van der Waals surface area (Å²) in [6.07, 6.45) is -1.27. The van der Waals surface area contributed by atoms with Crippen molar-refractivity contribution in [2.45, 2.75) is 30.6 Å². The number of rotatable bonds is 7. The van der Waals surface area contributed by atoms with Crippen molar-refractivity contribution in [2.24, 2.45) is 0 Å². The number of aliphatic hydroxyl groups is 1. The zero-order valence-electron chi connectivity index (χ0n) is 13.4. The van der Waals surface area contributed by atoms with Crippen LogP contribution in [0.25, 0.3) is 0 Å². The summed E-state index contributed by atoms with van der Waals surface area (Å²) in [5.41, 5.74) is 0.751. The number of nitrogens with one attached hydrogen (secondary N) is 1. The van der Waals surface area contributed by atoms with Gasteiger partial charge in [-0.2, -0.15) is 4.72 Å². The normalized spacial score (nSPS) is 13.9. The van der Waals surface area contributed by atoms with Crippen LogP contribution in [0.1, 0.15) is 12.5 Å². The molecule has 0 bridgehead atoms. The van der Waals surface area contributed by atoms with Crippen LogP contribution in [0.5, 0.6) is 0 Å². The van der Waals surface area contributed by atoms with Gasteiger partial charge in [0.1, 0.15) is 12.6 Å². The third-order valence-corrected chi connectivity index (χ3v) is 5.08. The number of esters is 1. The minimum atomic E-state index is -4.02. The fourth-order valence-electron chi connectivity index (χ4n) is 2.01. The van der Waals surface area contributed by atoms with Gasteiger partial charge < -0.3 is 9.84 Å². The van der Waals surface area contributed by atoms with E-state index in [0.717, 1.165) is 5.56 Å². The average Bonchev–Trinajstić information content (AvgIpc) is 2.58. The predicted octanol–water partition coefficient (Wildman–Crippen LogP) is 2.11. The van der Waals surface area contributed by atoms with E-state index < -0.39 is 28.1 Å². The minimum Gasteiger partial charge on any atom is -0.460 e. The second-order valence-electron chi connectivity index (χ2n) is 5.39. The Hall–Kier alpha value is -1.93. The lowest BCUT2D eigenvalue weighted by Crippen LogP contribution is -2.48. The first-order valence-corrected chi connectivity index (χ1v) is 9.32. The molecule has 0 unspecified atom stereocenters. The maximum absolute atomic E-state index is 12.4. The summed E-state index contributed by atoms with van der Waals surface area (Å²) < 4.78 is 32.0. The van der Waals surface area contributed by atoms with Gasteiger partial charge in [-0.3, -0.25) is 4.79 Å². The number of carbonyl (C=O) groups excluding carboxylic acids is 1. The summed E-state index contributed by atoms with van der Waals surface area (Å²) in [6, 6.07) is 13.0. The molecule has 6 nitrogen and oxygen atoms in total. The van der Waals surface area contributed by atoms with Gasteiger partial charge in [-0.1, -0.05) is 41.9 Å². The van der Waals surface area contributed by atoms with Crippen LogP contribution in [-0.2, 0) is 26.2 Å². The zero-order chi connectivity index (χ0) is 18.4. The standard InChI is InChI=1S/C17H18ClNO5S/c1-12(20)16(17(21)24-11-13-5-3-2-4-6-13)19-25(22,23)15-9-7-14(18)8-10-15/h2-10,12,16,19-20H,11H2,1H3/t12-,16-/m0/s1. The van der Waals surface area contributed by atoms with Crippen molar-refractivity contribution in [2.75, 3.05) is 0 Å². The highest BCUT2D eigenvalue weighted by Crippen LogP contribution is 2.15. The van der Waals surface area contributed by atoms with Gasteiger partial charge in [0.25, 0.3) is 0 Å². The SMILES string of the molecule is C[C@H](O)[C@H](NS(=O)(=O)c1ccc(Cl)cc1)C(=O)OCc1ccccc1. The minimum absolute atomic E-state index is 0.0223. The Balaban J connectivity index is 2.09. The van der Waals surface area contributed by atoms with Crippen molar-refractivity contribution in [3.05, 3.63) is 65.2 Å². The number of sulfonamides is 1. The molecular weight excluding hydrogens is 366 g/mol. The van der Waals surface area contributed by atoms with Crippen LogP contribution in [0.4, 0.5) is 0 Å². The molecule has 0 amide bonds. The van der Waals surface area contributed by atoms with Crippen LogP contribution in [0.3, 0.4) is 0 Å². The quantitative estimate of drug-likeness (QED) is 0.714. The number of hydrogen-bond donors (Lipinski definition) is 2. The van der Waals surface area contributed by atoms with E-state index in [4.69, 9.17) is 16.3 Å². The third-order valence-electron chi connectivity index (χ3n) is 3.37. The van der Waals surface area contributed by atoms with Gasteiger partial charge in [0.15, 0.2) is 0 Å². The van der Waals surface area contributed by atoms with Crippen molar-refractivity contribution in [3.8, 4) is 0 Å². The van der Waals surface area contributed by atoms with Gasteiger partial charge >= 0.3 is 5.97 Å². The Morgan fingerprint density at radius 2 is 1.76 bits per heavy atom. The molecule has 0 saturated carbocycles. The van der Waals surface area contributed by atoms with E-state index in [2.05, 4.69) is 4.72 Å². The van der Waals surface area contributed by atoms with Gasteiger partial charge in [0.05, 0.1) is 11.0 Å². The molecule has 0 saturated heterocycles. The molecule has 0 radical (unpaired) electrons. The first-order valence-electron chi connectivity index (χ1n) is 7.46. The lowest BCUT2D eigenvalue weighted by atomic mass is 10.2. The van der Waals surface area contributed by atoms with E-state index in [0.29, 0.717) is 5.02 Å². The molecule has 8 heteroatoms. The van der Waals surface area contributed by atoms with Crippen LogP contribution in [-0.4, -0.2) is 31.6 Å². The third kappa shape index (κ3) is 5.54. The highest BCUT2D eigenvalue weighted by atomic mass is 35.5. The molecular formula is C17H18ClNO5S. The molecule has 134 valence electrons. The van der Waals surface area contributed by atoms with Crippen molar-refractivity contribution in [1.82, 2.24) is 4.72 Å². The summed E-state index contributed by atoms with van der Waals surface area (Å²) in [7, 11) is -4.02. The number of carbonyl (C=O) groups is 1. The average molecular weight is 384 g/mol. The summed E-state index contributed by atoms with van der Waals surface area (Å²) in [5.74, 6) is -0.864. The fraction of sp³-hybridized carbons (Fsp3) is 0.235. The van der Waals surface area contributed by atoms with E-state index in [9.17, 15) is 18.3 Å². The van der Waals surface area contributed by atoms with Crippen molar-refractivity contribution >= 4 is 27.6 Å². The van der Waals surface area contributed by atoms with E-state index in [1.807, 2.05) is 6.07 Å². The number of aliphatic hydroxyl groups excluding tert-OH is 1. The van der Waals surface area contributed by atoms with Gasteiger partial charge in [0, 0.05) is 5.02 Å². The second-order valence-corrected chi connectivity index (χ2v) is 7.54. The highest BCUT2D eigenvalue weighted by Gasteiger charge is 2.30. The van der Waals surface area contributed by atoms with Gasteiger partial charge in [0.2, 0.25) is 10.0 Å². The van der Waals surface area contributed by atoms with Crippen LogP contribution in [0.15, 0.2) is 59.5 Å². The molecule has 25 heavy (non-hydrogen) atoms. The smallest absolute Gasteiger partial charge is 0.327 e. The summed E-state index contributed by atoms with van der Waals surface area (Å²) >= 11 is 5.74. The lowest BCUT2D eigenvalue weighted by molar-refractivity contribution is -0.149. The van der Waals surface area contributed by atoms with Crippen molar-refractivity contribution < 1.29 is 23.1 Å². The molecule has 2 atom stereocenters. The molecule has 2 rings (SSSR count). The zero-order valence-corrected chi connectivity index (χ0v) is 15.0. The van der Waals surface area contributed by atoms with Crippen LogP contribution < -0.4 is 4.72 Å². The van der Waals surface area contributed by atoms with E-state index in [-0.39, 0.29) is 11.5 Å². The molecule has 2 aromatic rings. The molecule has 2 N–H and O–H groups in total. The lowest BCUT2D eigenvalue weighted by Gasteiger charge is -2.20. The number of halogens is 1. The number of hydrogen-bond acceptors (Lipinski definition) is 5. The Kier molecular flexibility index (Phi) is 6.55. The van der Waals surface area contributed by atoms with Crippen LogP contribution >= 0.6 is 11.6 Å². The van der Waals surface area contributed by atoms with Crippen LogP contribution in [0, 0.1) is 0 Å². The van der Waals surface area contributed by atoms with Crippen molar-refractivity contribution in [3.63, 3.8) is 0 Å². The Morgan fingerprint density at radius 1 is 1.16 bits per heavy atom. The largest absolute Gasteiger partial charge is 0.460 e. The van der Waals surface area contributed by atoms with Gasteiger partial charge in [-0.05, 0) is 36.8 Å². The topological polar surface area (TPSA) is 92.7 Å². The first-order chi connectivity index (χ1) is 11.8. The second kappa shape index (κ2) is 8.44. The number of benzene rings is 2. The summed E-state index contributed by atoms with van der Waals surface area (Å²) in [5, 5.41) is 10.2. The van der Waals surface area contributed by atoms with E-state index in [1.165, 1.54) is 31.2 Å². The first kappa shape index (κ1) is 19.4. The molecule has 0 aliphatic carbocycles. The Labute approximate surface area is 151 Å². The van der Waals surface area contributed by atoms with Gasteiger partial charge in [-0.25, -0.2) is 8.42 Å². The maximum atomic E-state index is 12.4. The van der Waals surface area contributed by atoms with Crippen LogP contribution in [0.2, 0.25) is 5.02 Å². The molecule has 2 aromatic carbocycles. The number of ether oxygens (including phenoxy) is 1. The molecule has 0 aliphatic rings. The molecule has 0 fully saturated rings. The molecule has 0 aliphatic heterocycles. The summed E-state index contributed by atoms with van der Waals surface area (Å²) in [6.45, 7) is 1.28.